The van der Waals surface area contributed by atoms with E-state index in [4.69, 9.17) is 0 Å². The first-order valence-corrected chi connectivity index (χ1v) is 13.5. The van der Waals surface area contributed by atoms with Gasteiger partial charge in [0.1, 0.15) is 6.04 Å². The van der Waals surface area contributed by atoms with E-state index in [0.29, 0.717) is 37.5 Å². The highest BCUT2D eigenvalue weighted by Gasteiger charge is 2.57. The van der Waals surface area contributed by atoms with Crippen LogP contribution in [0.2, 0.25) is 0 Å². The number of carbonyl (C=O) groups excluding carboxylic acids is 2. The van der Waals surface area contributed by atoms with Crippen molar-refractivity contribution in [3.8, 4) is 0 Å². The molecule has 1 aromatic carbocycles. The molecule has 0 radical (unpaired) electrons. The van der Waals surface area contributed by atoms with Gasteiger partial charge in [-0.25, -0.2) is 13.4 Å². The Labute approximate surface area is 209 Å². The monoisotopic (exact) mass is 543 g/mol. The molecule has 0 bridgehead atoms. The Morgan fingerprint density at radius 1 is 1.05 bits per heavy atom. The number of hydrogen-bond acceptors (Lipinski definition) is 5. The van der Waals surface area contributed by atoms with Crippen LogP contribution in [0.25, 0.3) is 0 Å². The van der Waals surface area contributed by atoms with Gasteiger partial charge in [-0.15, -0.1) is 0 Å². The highest BCUT2D eigenvalue weighted by atomic mass is 32.2. The number of likely N-dealkylation sites (tertiary alicyclic amines) is 1. The van der Waals surface area contributed by atoms with E-state index in [1.165, 1.54) is 11.0 Å². The minimum absolute atomic E-state index is 0.0497. The standard InChI is InChI=1S/C24H22F5N3O4S/c1-37(35,36)20-10-13(6-7-30-20)22(34)32-18-8-14(18)9-19(32)21(33)31-24(28,29)17-5-4-15(23(25,26)27)11-16(17)12-2-3-12/h4-7,10-12,14,18-19H,2-3,8-9H2,1H3,(H,31,33)/t14-,18-,19-/m1/s1. The van der Waals surface area contributed by atoms with Crippen molar-refractivity contribution >= 4 is 21.7 Å². The zero-order chi connectivity index (χ0) is 26.9. The number of rotatable bonds is 6. The molecule has 3 aliphatic rings. The second kappa shape index (κ2) is 8.47. The Morgan fingerprint density at radius 3 is 2.38 bits per heavy atom. The molecule has 1 N–H and O–H groups in total. The number of alkyl halides is 5. The molecule has 3 fully saturated rings. The Kier molecular flexibility index (Phi) is 5.85. The van der Waals surface area contributed by atoms with Crippen LogP contribution in [0.5, 0.6) is 0 Å². The van der Waals surface area contributed by atoms with Crippen molar-refractivity contribution in [3.05, 3.63) is 58.8 Å². The number of halogens is 5. The molecule has 13 heteroatoms. The molecule has 37 heavy (non-hydrogen) atoms. The quantitative estimate of drug-likeness (QED) is 0.441. The zero-order valence-corrected chi connectivity index (χ0v) is 20.2. The minimum atomic E-state index is -4.70. The first-order valence-electron chi connectivity index (χ1n) is 11.6. The van der Waals surface area contributed by atoms with Crippen LogP contribution in [0.3, 0.4) is 0 Å². The number of benzene rings is 1. The van der Waals surface area contributed by atoms with Crippen molar-refractivity contribution in [2.75, 3.05) is 6.26 Å². The number of nitrogens with one attached hydrogen (secondary N) is 1. The lowest BCUT2D eigenvalue weighted by atomic mass is 9.98. The van der Waals surface area contributed by atoms with E-state index in [9.17, 15) is 31.2 Å². The van der Waals surface area contributed by atoms with Crippen LogP contribution in [0.1, 0.15) is 58.6 Å². The van der Waals surface area contributed by atoms with E-state index in [-0.39, 0.29) is 34.5 Å². The Bertz CT molecular complexity index is 1390. The normalized spacial score (nSPS) is 23.5. The maximum Gasteiger partial charge on any atom is 0.416 e. The summed E-state index contributed by atoms with van der Waals surface area (Å²) in [5, 5.41) is 1.31. The third kappa shape index (κ3) is 4.92. The highest BCUT2D eigenvalue weighted by Crippen LogP contribution is 2.49. The first kappa shape index (κ1) is 25.6. The van der Waals surface area contributed by atoms with Crippen molar-refractivity contribution in [2.45, 2.75) is 60.9 Å². The smallest absolute Gasteiger partial charge is 0.323 e. The maximum atomic E-state index is 15.3. The SMILES string of the molecule is CS(=O)(=O)c1cc(C(=O)N2[C@@H](C(=O)NC(F)(F)c3ccc(C(F)(F)F)cc3C3CC3)C[C@H]3C[C@H]32)ccn1. The van der Waals surface area contributed by atoms with Gasteiger partial charge in [-0.3, -0.25) is 14.9 Å². The third-order valence-electron chi connectivity index (χ3n) is 7.02. The predicted molar refractivity (Wildman–Crippen MR) is 119 cm³/mol. The fourth-order valence-electron chi connectivity index (χ4n) is 4.94. The molecule has 2 aliphatic carbocycles. The molecule has 0 unspecified atom stereocenters. The van der Waals surface area contributed by atoms with Gasteiger partial charge in [0, 0.05) is 29.6 Å². The molecule has 3 atom stereocenters. The topological polar surface area (TPSA) is 96.4 Å². The van der Waals surface area contributed by atoms with Gasteiger partial charge >= 0.3 is 12.2 Å². The predicted octanol–water partition coefficient (Wildman–Crippen LogP) is 3.85. The molecule has 2 aromatic rings. The molecule has 2 heterocycles. The molecule has 2 amide bonds. The number of nitrogens with zero attached hydrogens (tertiary/aromatic N) is 2. The number of amides is 2. The van der Waals surface area contributed by atoms with Gasteiger partial charge in [-0.2, -0.15) is 22.0 Å². The largest absolute Gasteiger partial charge is 0.416 e. The summed E-state index contributed by atoms with van der Waals surface area (Å²) in [5.41, 5.74) is -1.96. The lowest BCUT2D eigenvalue weighted by Gasteiger charge is -2.29. The fraction of sp³-hybridized carbons (Fsp3) is 0.458. The Balaban J connectivity index is 1.39. The molecule has 1 aliphatic heterocycles. The van der Waals surface area contributed by atoms with E-state index >= 15 is 8.78 Å². The van der Waals surface area contributed by atoms with Crippen molar-refractivity contribution < 1.29 is 40.0 Å². The van der Waals surface area contributed by atoms with E-state index in [1.54, 1.807) is 5.32 Å². The minimum Gasteiger partial charge on any atom is -0.323 e. The van der Waals surface area contributed by atoms with Gasteiger partial charge in [0.2, 0.25) is 5.91 Å². The van der Waals surface area contributed by atoms with Crippen LogP contribution in [0.4, 0.5) is 22.0 Å². The van der Waals surface area contributed by atoms with Gasteiger partial charge in [0.25, 0.3) is 5.91 Å². The summed E-state index contributed by atoms with van der Waals surface area (Å²) >= 11 is 0. The van der Waals surface area contributed by atoms with Gasteiger partial charge in [0.05, 0.1) is 5.56 Å². The third-order valence-corrected chi connectivity index (χ3v) is 8.00. The molecule has 1 aromatic heterocycles. The number of carbonyl (C=O) groups is 2. The summed E-state index contributed by atoms with van der Waals surface area (Å²) in [6.07, 6.45) is -0.979. The van der Waals surface area contributed by atoms with Gasteiger partial charge in [-0.1, -0.05) is 6.07 Å². The van der Waals surface area contributed by atoms with Gasteiger partial charge in [-0.05, 0) is 67.3 Å². The second-order valence-corrected chi connectivity index (χ2v) is 11.8. The number of sulfone groups is 1. The van der Waals surface area contributed by atoms with E-state index < -0.39 is 57.0 Å². The van der Waals surface area contributed by atoms with Crippen LogP contribution < -0.4 is 5.32 Å². The Hall–Kier alpha value is -3.09. The average molecular weight is 544 g/mol. The summed E-state index contributed by atoms with van der Waals surface area (Å²) in [4.78, 5) is 31.2. The summed E-state index contributed by atoms with van der Waals surface area (Å²) in [7, 11) is -3.72. The van der Waals surface area contributed by atoms with Crippen LogP contribution >= 0.6 is 0 Å². The molecule has 5 rings (SSSR count). The van der Waals surface area contributed by atoms with Gasteiger partial charge < -0.3 is 4.90 Å². The van der Waals surface area contributed by atoms with E-state index in [2.05, 4.69) is 4.98 Å². The van der Waals surface area contributed by atoms with Gasteiger partial charge in [0.15, 0.2) is 14.9 Å². The molecular weight excluding hydrogens is 521 g/mol. The maximum absolute atomic E-state index is 15.3. The summed E-state index contributed by atoms with van der Waals surface area (Å²) < 4.78 is 93.7. The fourth-order valence-corrected chi connectivity index (χ4v) is 5.53. The van der Waals surface area contributed by atoms with E-state index in [0.717, 1.165) is 18.5 Å². The molecule has 1 saturated heterocycles. The first-order chi connectivity index (χ1) is 17.2. The molecule has 198 valence electrons. The average Bonchev–Trinajstić information content (AvgIpc) is 3.74. The van der Waals surface area contributed by atoms with Crippen LogP contribution in [0, 0.1) is 5.92 Å². The van der Waals surface area contributed by atoms with E-state index in [1.807, 2.05) is 0 Å². The van der Waals surface area contributed by atoms with Crippen molar-refractivity contribution in [3.63, 3.8) is 0 Å². The van der Waals surface area contributed by atoms with Crippen LogP contribution in [0.15, 0.2) is 41.6 Å². The highest BCUT2D eigenvalue weighted by molar-refractivity contribution is 7.90. The lowest BCUT2D eigenvalue weighted by molar-refractivity contribution is -0.140. The number of fused-ring (bicyclic) bond motifs is 1. The van der Waals surface area contributed by atoms with Crippen LogP contribution in [-0.4, -0.2) is 48.5 Å². The Morgan fingerprint density at radius 2 is 1.76 bits per heavy atom. The number of aromatic nitrogens is 1. The number of piperidine rings is 1. The number of hydrogen-bond donors (Lipinski definition) is 1. The second-order valence-electron chi connectivity index (χ2n) is 9.82. The molecule has 0 spiro atoms. The summed E-state index contributed by atoms with van der Waals surface area (Å²) in [6, 6.07) is -1.26. The zero-order valence-electron chi connectivity index (χ0n) is 19.4. The summed E-state index contributed by atoms with van der Waals surface area (Å²) in [6.45, 7) is 0. The molecule has 7 nitrogen and oxygen atoms in total. The number of pyridine rings is 1. The lowest BCUT2D eigenvalue weighted by Crippen LogP contribution is -2.52. The molecule has 2 saturated carbocycles. The van der Waals surface area contributed by atoms with Crippen molar-refractivity contribution in [1.29, 1.82) is 0 Å². The van der Waals surface area contributed by atoms with Crippen molar-refractivity contribution in [1.82, 2.24) is 15.2 Å². The molecular formula is C24H22F5N3O4S. The summed E-state index contributed by atoms with van der Waals surface area (Å²) in [5.74, 6) is -2.33. The van der Waals surface area contributed by atoms with Crippen molar-refractivity contribution in [2.24, 2.45) is 5.92 Å². The van der Waals surface area contributed by atoms with Crippen LogP contribution in [-0.2, 0) is 26.9 Å².